The number of furan rings is 1. The average Bonchev–Trinajstić information content (AvgIpc) is 3.56. The van der Waals surface area contributed by atoms with Crippen molar-refractivity contribution in [1.82, 2.24) is 15.5 Å². The minimum atomic E-state index is -0.125. The highest BCUT2D eigenvalue weighted by atomic mass is 127. The molecule has 2 heterocycles. The summed E-state index contributed by atoms with van der Waals surface area (Å²) in [5, 5.41) is 6.33. The molecular weight excluding hydrogens is 543 g/mol. The fourth-order valence-corrected chi connectivity index (χ4v) is 4.12. The number of benzene rings is 2. The van der Waals surface area contributed by atoms with Gasteiger partial charge >= 0.3 is 0 Å². The molecule has 0 aliphatic carbocycles. The summed E-state index contributed by atoms with van der Waals surface area (Å²) < 4.78 is 10.5. The first-order valence-electron chi connectivity index (χ1n) is 11.2. The second-order valence-electron chi connectivity index (χ2n) is 8.07. The minimum absolute atomic E-state index is 0. The molecule has 3 aromatic rings. The maximum absolute atomic E-state index is 12.5. The van der Waals surface area contributed by atoms with Crippen molar-refractivity contribution in [3.05, 3.63) is 89.4 Å². The smallest absolute Gasteiger partial charge is 0.251 e. The van der Waals surface area contributed by atoms with Gasteiger partial charge in [-0.05, 0) is 53.9 Å². The quantitative estimate of drug-likeness (QED) is 0.249. The second kappa shape index (κ2) is 12.5. The monoisotopic (exact) mass is 574 g/mol. The van der Waals surface area contributed by atoms with Gasteiger partial charge in [0.2, 0.25) is 0 Å². The first kappa shape index (κ1) is 25.6. The maximum Gasteiger partial charge on any atom is 0.251 e. The molecule has 4 rings (SSSR count). The molecule has 7 nitrogen and oxygen atoms in total. The van der Waals surface area contributed by atoms with Crippen LogP contribution in [-0.4, -0.2) is 44.0 Å². The zero-order chi connectivity index (χ0) is 23.0. The van der Waals surface area contributed by atoms with Crippen molar-refractivity contribution in [2.24, 2.45) is 4.99 Å². The molecule has 34 heavy (non-hydrogen) atoms. The molecule has 1 saturated heterocycles. The molecule has 0 radical (unpaired) electrons. The fourth-order valence-electron chi connectivity index (χ4n) is 4.12. The molecule has 1 amide bonds. The lowest BCUT2D eigenvalue weighted by atomic mass is 9.98. The van der Waals surface area contributed by atoms with Crippen LogP contribution in [0.1, 0.15) is 39.6 Å². The molecule has 1 unspecified atom stereocenters. The lowest BCUT2D eigenvalue weighted by Crippen LogP contribution is -2.39. The number of carbonyl (C=O) groups is 1. The number of nitrogens with zero attached hydrogens (tertiary/aromatic N) is 2. The summed E-state index contributed by atoms with van der Waals surface area (Å²) in [5.74, 6) is 2.82. The van der Waals surface area contributed by atoms with Gasteiger partial charge in [0.15, 0.2) is 5.96 Å². The third-order valence-corrected chi connectivity index (χ3v) is 5.93. The molecule has 2 aromatic carbocycles. The summed E-state index contributed by atoms with van der Waals surface area (Å²) in [5.41, 5.74) is 2.96. The summed E-state index contributed by atoms with van der Waals surface area (Å²) >= 11 is 0. The van der Waals surface area contributed by atoms with Crippen LogP contribution in [0.15, 0.2) is 76.3 Å². The molecule has 0 bridgehead atoms. The number of halogens is 1. The first-order chi connectivity index (χ1) is 16.2. The Morgan fingerprint density at radius 3 is 2.65 bits per heavy atom. The fraction of sp³-hybridized carbons (Fsp3) is 0.308. The van der Waals surface area contributed by atoms with Gasteiger partial charge in [0, 0.05) is 38.2 Å². The van der Waals surface area contributed by atoms with E-state index in [2.05, 4.69) is 32.7 Å². The van der Waals surface area contributed by atoms with Crippen LogP contribution in [0.4, 0.5) is 0 Å². The van der Waals surface area contributed by atoms with Gasteiger partial charge in [-0.2, -0.15) is 0 Å². The summed E-state index contributed by atoms with van der Waals surface area (Å²) in [7, 11) is 3.49. The van der Waals surface area contributed by atoms with Crippen LogP contribution in [0, 0.1) is 0 Å². The van der Waals surface area contributed by atoms with Crippen molar-refractivity contribution in [2.75, 3.05) is 27.2 Å². The van der Waals surface area contributed by atoms with Gasteiger partial charge in [0.1, 0.15) is 11.5 Å². The van der Waals surface area contributed by atoms with Crippen LogP contribution >= 0.6 is 24.0 Å². The Balaban J connectivity index is 0.00000324. The van der Waals surface area contributed by atoms with Crippen LogP contribution in [0.3, 0.4) is 0 Å². The Labute approximate surface area is 217 Å². The van der Waals surface area contributed by atoms with Gasteiger partial charge in [-0.1, -0.05) is 24.3 Å². The molecular formula is C26H31IN4O3. The minimum Gasteiger partial charge on any atom is -0.497 e. The number of amides is 1. The van der Waals surface area contributed by atoms with Gasteiger partial charge in [0.05, 0.1) is 19.9 Å². The number of ether oxygens (including phenoxy) is 1. The van der Waals surface area contributed by atoms with Crippen molar-refractivity contribution in [1.29, 1.82) is 0 Å². The number of rotatable bonds is 7. The number of methoxy groups -OCH3 is 1. The molecule has 0 saturated carbocycles. The van der Waals surface area contributed by atoms with E-state index >= 15 is 0 Å². The second-order valence-corrected chi connectivity index (χ2v) is 8.07. The Morgan fingerprint density at radius 2 is 1.94 bits per heavy atom. The Kier molecular flexibility index (Phi) is 9.38. The van der Waals surface area contributed by atoms with Crippen molar-refractivity contribution in [3.63, 3.8) is 0 Å². The molecule has 0 spiro atoms. The third-order valence-electron chi connectivity index (χ3n) is 5.93. The van der Waals surface area contributed by atoms with Gasteiger partial charge < -0.3 is 24.7 Å². The Morgan fingerprint density at radius 1 is 1.12 bits per heavy atom. The van der Waals surface area contributed by atoms with E-state index in [9.17, 15) is 4.79 Å². The van der Waals surface area contributed by atoms with E-state index in [0.29, 0.717) is 24.6 Å². The zero-order valence-corrected chi connectivity index (χ0v) is 21.8. The summed E-state index contributed by atoms with van der Waals surface area (Å²) in [6.45, 7) is 2.83. The lowest BCUT2D eigenvalue weighted by molar-refractivity contribution is 0.0948. The standard InChI is InChI=1S/C26H30N4O3.HI/c1-27-26(30-13-12-22(18-30)20-8-10-23(32-2)11-9-20)29-16-19-5-3-6-21(15-19)25(31)28-17-24-7-4-14-33-24;/h3-11,14-15,22H,12-13,16-18H2,1-2H3,(H,27,29)(H,28,31);1H. The molecule has 8 heteroatoms. The largest absolute Gasteiger partial charge is 0.497 e. The SMILES string of the molecule is CN=C(NCc1cccc(C(=O)NCc2ccco2)c1)N1CCC(c2ccc(OC)cc2)C1.I. The van der Waals surface area contributed by atoms with E-state index in [-0.39, 0.29) is 29.9 Å². The topological polar surface area (TPSA) is 79.1 Å². The lowest BCUT2D eigenvalue weighted by Gasteiger charge is -2.22. The number of hydrogen-bond acceptors (Lipinski definition) is 4. The summed E-state index contributed by atoms with van der Waals surface area (Å²) in [4.78, 5) is 19.3. The van der Waals surface area contributed by atoms with E-state index < -0.39 is 0 Å². The predicted octanol–water partition coefficient (Wildman–Crippen LogP) is 4.40. The van der Waals surface area contributed by atoms with Crippen LogP contribution < -0.4 is 15.4 Å². The number of guanidine groups is 1. The molecule has 1 atom stereocenters. The Bertz CT molecular complexity index is 1080. The first-order valence-corrected chi connectivity index (χ1v) is 11.2. The number of carbonyl (C=O) groups excluding carboxylic acids is 1. The van der Waals surface area contributed by atoms with Gasteiger partial charge in [0.25, 0.3) is 5.91 Å². The zero-order valence-electron chi connectivity index (χ0n) is 19.5. The van der Waals surface area contributed by atoms with Crippen LogP contribution in [0.2, 0.25) is 0 Å². The molecule has 1 aliphatic rings. The summed E-state index contributed by atoms with van der Waals surface area (Å²) in [6.07, 6.45) is 2.68. The number of hydrogen-bond donors (Lipinski definition) is 2. The molecule has 180 valence electrons. The number of likely N-dealkylation sites (tertiary alicyclic amines) is 1. The van der Waals surface area contributed by atoms with Crippen molar-refractivity contribution in [3.8, 4) is 5.75 Å². The van der Waals surface area contributed by atoms with Crippen LogP contribution in [0.5, 0.6) is 5.75 Å². The highest BCUT2D eigenvalue weighted by Crippen LogP contribution is 2.28. The number of nitrogens with one attached hydrogen (secondary N) is 2. The third kappa shape index (κ3) is 6.53. The highest BCUT2D eigenvalue weighted by Gasteiger charge is 2.26. The van der Waals surface area contributed by atoms with E-state index in [1.807, 2.05) is 49.5 Å². The molecule has 1 fully saturated rings. The maximum atomic E-state index is 12.5. The summed E-state index contributed by atoms with van der Waals surface area (Å²) in [6, 6.07) is 19.6. The van der Waals surface area contributed by atoms with Crippen LogP contribution in [0.25, 0.3) is 0 Å². The molecule has 1 aromatic heterocycles. The van der Waals surface area contributed by atoms with Gasteiger partial charge in [-0.25, -0.2) is 0 Å². The Hall–Kier alpha value is -3.01. The average molecular weight is 574 g/mol. The molecule has 1 aliphatic heterocycles. The van der Waals surface area contributed by atoms with Gasteiger partial charge in [-0.15, -0.1) is 24.0 Å². The van der Waals surface area contributed by atoms with Crippen molar-refractivity contribution in [2.45, 2.75) is 25.4 Å². The normalized spacial score (nSPS) is 15.5. The van der Waals surface area contributed by atoms with Crippen molar-refractivity contribution < 1.29 is 13.9 Å². The van der Waals surface area contributed by atoms with E-state index in [4.69, 9.17) is 9.15 Å². The van der Waals surface area contributed by atoms with E-state index in [1.54, 1.807) is 19.4 Å². The van der Waals surface area contributed by atoms with Gasteiger partial charge in [-0.3, -0.25) is 9.79 Å². The number of aliphatic imine (C=N–C) groups is 1. The van der Waals surface area contributed by atoms with E-state index in [0.717, 1.165) is 42.5 Å². The highest BCUT2D eigenvalue weighted by molar-refractivity contribution is 14.0. The molecule has 2 N–H and O–H groups in total. The van der Waals surface area contributed by atoms with Crippen LogP contribution in [-0.2, 0) is 13.1 Å². The van der Waals surface area contributed by atoms with E-state index in [1.165, 1.54) is 5.56 Å². The van der Waals surface area contributed by atoms with Crippen molar-refractivity contribution >= 4 is 35.8 Å². The predicted molar refractivity (Wildman–Crippen MR) is 144 cm³/mol.